The number of nitrogens with zero attached hydrogens (tertiary/aromatic N) is 1. The molecule has 0 fully saturated rings. The molecule has 11 heteroatoms. The number of aliphatic carboxylic acids is 1. The maximum Gasteiger partial charge on any atom is 0.323 e. The third-order valence-electron chi connectivity index (χ3n) is 6.27. The number of para-hydroxylation sites is 2. The number of carbonyl (C=O) groups excluding carboxylic acids is 2. The molecule has 2 aromatic carbocycles. The van der Waals surface area contributed by atoms with Crippen molar-refractivity contribution in [2.45, 2.75) is 44.1 Å². The van der Waals surface area contributed by atoms with Crippen LogP contribution >= 0.6 is 0 Å². The largest absolute Gasteiger partial charge is 0.495 e. The number of aromatic nitrogens is 1. The van der Waals surface area contributed by atoms with E-state index in [0.29, 0.717) is 35.1 Å². The van der Waals surface area contributed by atoms with Gasteiger partial charge in [0.2, 0.25) is 0 Å². The molecule has 2 amide bonds. The standard InChI is InChI=1S/C25H26FN3O7/c1-36-20-5-3-2-4-17(20)28-25(35)23(33)22(32)24(34)27-14-7-9-19-16(11-14)15-10-13(26)6-8-18(15)29(19)12-21(30)31/h2-6,8,10,14,22-23,32-33H,7,9,11-12H2,1H3,(H,27,34)(H,28,35)(H,30,31)/t14-,22+,23+/m0/s1. The number of fused-ring (bicyclic) bond motifs is 3. The fourth-order valence-electron chi connectivity index (χ4n) is 4.59. The molecule has 4 rings (SSSR count). The molecule has 1 aromatic heterocycles. The van der Waals surface area contributed by atoms with E-state index in [4.69, 9.17) is 4.74 Å². The van der Waals surface area contributed by atoms with E-state index >= 15 is 0 Å². The van der Waals surface area contributed by atoms with Crippen LogP contribution < -0.4 is 15.4 Å². The van der Waals surface area contributed by atoms with Gasteiger partial charge in [-0.15, -0.1) is 0 Å². The van der Waals surface area contributed by atoms with Crippen LogP contribution in [0.4, 0.5) is 10.1 Å². The Morgan fingerprint density at radius 1 is 1.14 bits per heavy atom. The van der Waals surface area contributed by atoms with Crippen molar-refractivity contribution < 1.29 is 38.8 Å². The second kappa shape index (κ2) is 10.3. The van der Waals surface area contributed by atoms with Crippen molar-refractivity contribution in [3.8, 4) is 5.75 Å². The van der Waals surface area contributed by atoms with E-state index in [-0.39, 0.29) is 18.7 Å². The van der Waals surface area contributed by atoms with Crippen molar-refractivity contribution in [1.82, 2.24) is 9.88 Å². The molecule has 5 N–H and O–H groups in total. The molecule has 0 spiro atoms. The highest BCUT2D eigenvalue weighted by Gasteiger charge is 2.33. The first-order valence-corrected chi connectivity index (χ1v) is 11.3. The van der Waals surface area contributed by atoms with E-state index in [1.54, 1.807) is 28.8 Å². The first-order valence-electron chi connectivity index (χ1n) is 11.3. The monoisotopic (exact) mass is 499 g/mol. The minimum atomic E-state index is -2.04. The zero-order chi connectivity index (χ0) is 26.0. The first-order chi connectivity index (χ1) is 17.2. The Bertz CT molecular complexity index is 1320. The van der Waals surface area contributed by atoms with Crippen LogP contribution in [-0.4, -0.2) is 63.0 Å². The number of carbonyl (C=O) groups is 3. The second-order valence-electron chi connectivity index (χ2n) is 8.59. The zero-order valence-corrected chi connectivity index (χ0v) is 19.4. The lowest BCUT2D eigenvalue weighted by Gasteiger charge is -2.26. The predicted molar refractivity (Wildman–Crippen MR) is 127 cm³/mol. The van der Waals surface area contributed by atoms with E-state index in [9.17, 15) is 34.1 Å². The summed E-state index contributed by atoms with van der Waals surface area (Å²) in [4.78, 5) is 36.4. The Hall–Kier alpha value is -3.96. The molecule has 0 radical (unpaired) electrons. The van der Waals surface area contributed by atoms with Gasteiger partial charge in [-0.2, -0.15) is 0 Å². The quantitative estimate of drug-likeness (QED) is 0.313. The first kappa shape index (κ1) is 25.1. The Kier molecular flexibility index (Phi) is 7.22. The molecule has 0 saturated heterocycles. The fourth-order valence-corrected chi connectivity index (χ4v) is 4.59. The topological polar surface area (TPSA) is 150 Å². The minimum Gasteiger partial charge on any atom is -0.495 e. The van der Waals surface area contributed by atoms with Crippen LogP contribution in [0.1, 0.15) is 17.7 Å². The molecule has 0 bridgehead atoms. The van der Waals surface area contributed by atoms with E-state index in [2.05, 4.69) is 10.6 Å². The number of hydrogen-bond acceptors (Lipinski definition) is 6. The van der Waals surface area contributed by atoms with E-state index in [1.807, 2.05) is 0 Å². The van der Waals surface area contributed by atoms with Gasteiger partial charge in [0, 0.05) is 22.6 Å². The molecular weight excluding hydrogens is 473 g/mol. The average Bonchev–Trinajstić information content (AvgIpc) is 3.14. The van der Waals surface area contributed by atoms with E-state index in [0.717, 1.165) is 5.69 Å². The van der Waals surface area contributed by atoms with E-state index < -0.39 is 41.9 Å². The van der Waals surface area contributed by atoms with Gasteiger partial charge >= 0.3 is 5.97 Å². The third kappa shape index (κ3) is 5.02. The highest BCUT2D eigenvalue weighted by Crippen LogP contribution is 2.33. The van der Waals surface area contributed by atoms with Gasteiger partial charge in [-0.3, -0.25) is 14.4 Å². The number of rotatable bonds is 8. The number of aliphatic hydroxyl groups is 2. The highest BCUT2D eigenvalue weighted by atomic mass is 19.1. The SMILES string of the molecule is COc1ccccc1NC(=O)[C@H](O)[C@@H](O)C(=O)N[C@H]1CCc2c(c3cc(F)ccc3n2CC(=O)O)C1. The van der Waals surface area contributed by atoms with Crippen LogP contribution in [0.25, 0.3) is 10.9 Å². The number of amides is 2. The van der Waals surface area contributed by atoms with Crippen molar-refractivity contribution >= 4 is 34.4 Å². The molecule has 1 aliphatic rings. The average molecular weight is 499 g/mol. The number of benzene rings is 2. The van der Waals surface area contributed by atoms with Gasteiger partial charge in [-0.05, 0) is 55.2 Å². The molecule has 0 aliphatic heterocycles. The van der Waals surface area contributed by atoms with Gasteiger partial charge < -0.3 is 35.3 Å². The molecule has 3 atom stereocenters. The van der Waals surface area contributed by atoms with Crippen LogP contribution in [0.3, 0.4) is 0 Å². The van der Waals surface area contributed by atoms with Gasteiger partial charge in [-0.25, -0.2) is 4.39 Å². The van der Waals surface area contributed by atoms with Crippen LogP contribution in [-0.2, 0) is 33.8 Å². The summed E-state index contributed by atoms with van der Waals surface area (Å²) in [6.45, 7) is -0.277. The second-order valence-corrected chi connectivity index (χ2v) is 8.59. The summed E-state index contributed by atoms with van der Waals surface area (Å²) in [7, 11) is 1.41. The number of hydrogen-bond donors (Lipinski definition) is 5. The van der Waals surface area contributed by atoms with Gasteiger partial charge in [0.25, 0.3) is 11.8 Å². The molecule has 190 valence electrons. The lowest BCUT2D eigenvalue weighted by molar-refractivity contribution is -0.143. The molecule has 36 heavy (non-hydrogen) atoms. The van der Waals surface area contributed by atoms with Gasteiger partial charge in [-0.1, -0.05) is 12.1 Å². The third-order valence-corrected chi connectivity index (χ3v) is 6.27. The van der Waals surface area contributed by atoms with Crippen LogP contribution in [0.15, 0.2) is 42.5 Å². The van der Waals surface area contributed by atoms with Crippen molar-refractivity contribution in [1.29, 1.82) is 0 Å². The summed E-state index contributed by atoms with van der Waals surface area (Å²) in [5, 5.41) is 35.5. The number of halogens is 1. The Morgan fingerprint density at radius 2 is 1.86 bits per heavy atom. The Morgan fingerprint density at radius 3 is 2.58 bits per heavy atom. The normalized spacial score (nSPS) is 16.6. The van der Waals surface area contributed by atoms with Gasteiger partial charge in [0.05, 0.1) is 12.8 Å². The lowest BCUT2D eigenvalue weighted by Crippen LogP contribution is -2.51. The summed E-state index contributed by atoms with van der Waals surface area (Å²) in [5.74, 6) is -3.08. The van der Waals surface area contributed by atoms with Crippen LogP contribution in [0, 0.1) is 5.82 Å². The van der Waals surface area contributed by atoms with Gasteiger partial charge in [0.1, 0.15) is 18.1 Å². The molecule has 1 aliphatic carbocycles. The summed E-state index contributed by atoms with van der Waals surface area (Å²) < 4.78 is 20.7. The summed E-state index contributed by atoms with van der Waals surface area (Å²) in [5.41, 5.74) is 2.31. The number of nitrogens with one attached hydrogen (secondary N) is 2. The number of ether oxygens (including phenoxy) is 1. The lowest BCUT2D eigenvalue weighted by atomic mass is 9.91. The molecule has 10 nitrogen and oxygen atoms in total. The smallest absolute Gasteiger partial charge is 0.323 e. The molecule has 1 heterocycles. The number of aliphatic hydroxyl groups excluding tert-OH is 2. The number of carboxylic acid groups (broad SMARTS) is 1. The number of anilines is 1. The minimum absolute atomic E-state index is 0.265. The zero-order valence-electron chi connectivity index (χ0n) is 19.4. The summed E-state index contributed by atoms with van der Waals surface area (Å²) >= 11 is 0. The Balaban J connectivity index is 1.46. The highest BCUT2D eigenvalue weighted by molar-refractivity contribution is 5.99. The summed E-state index contributed by atoms with van der Waals surface area (Å²) in [6, 6.07) is 10.1. The molecule has 3 aromatic rings. The fraction of sp³-hybridized carbons (Fsp3) is 0.320. The number of carboxylic acids is 1. The number of methoxy groups -OCH3 is 1. The van der Waals surface area contributed by atoms with E-state index in [1.165, 1.54) is 25.3 Å². The van der Waals surface area contributed by atoms with Crippen molar-refractivity contribution in [2.24, 2.45) is 0 Å². The van der Waals surface area contributed by atoms with Crippen molar-refractivity contribution in [3.05, 3.63) is 59.5 Å². The van der Waals surface area contributed by atoms with Crippen LogP contribution in [0.2, 0.25) is 0 Å². The van der Waals surface area contributed by atoms with Crippen LogP contribution in [0.5, 0.6) is 5.75 Å². The molecular formula is C25H26FN3O7. The van der Waals surface area contributed by atoms with Crippen molar-refractivity contribution in [2.75, 3.05) is 12.4 Å². The molecule has 0 saturated carbocycles. The van der Waals surface area contributed by atoms with Crippen molar-refractivity contribution in [3.63, 3.8) is 0 Å². The predicted octanol–water partition coefficient (Wildman–Crippen LogP) is 1.21. The maximum absolute atomic E-state index is 14.0. The Labute approximate surface area is 205 Å². The maximum atomic E-state index is 14.0. The summed E-state index contributed by atoms with van der Waals surface area (Å²) in [6.07, 6.45) is -2.97. The van der Waals surface area contributed by atoms with Gasteiger partial charge in [0.15, 0.2) is 12.2 Å². The molecule has 0 unspecified atom stereocenters.